The van der Waals surface area contributed by atoms with Gasteiger partial charge in [0.2, 0.25) is 0 Å². The average Bonchev–Trinajstić information content (AvgIpc) is 3.00. The minimum atomic E-state index is 0.367. The predicted octanol–water partition coefficient (Wildman–Crippen LogP) is 2.92. The number of rotatable bonds is 9. The second-order valence-corrected chi connectivity index (χ2v) is 5.08. The van der Waals surface area contributed by atoms with Crippen LogP contribution in [0.4, 0.5) is 0 Å². The van der Waals surface area contributed by atoms with E-state index in [0.29, 0.717) is 19.3 Å². The molecule has 2 rings (SSSR count). The molecule has 1 fully saturated rings. The molecule has 4 nitrogen and oxygen atoms in total. The predicted molar refractivity (Wildman–Crippen MR) is 84.0 cm³/mol. The molecule has 0 bridgehead atoms. The van der Waals surface area contributed by atoms with Crippen LogP contribution < -0.4 is 14.8 Å². The molecular weight excluding hydrogens is 266 g/mol. The molecule has 0 saturated carbocycles. The highest BCUT2D eigenvalue weighted by molar-refractivity contribution is 5.43. The van der Waals surface area contributed by atoms with E-state index in [1.165, 1.54) is 12.0 Å². The zero-order valence-electron chi connectivity index (χ0n) is 12.8. The smallest absolute Gasteiger partial charge is 0.161 e. The number of benzene rings is 1. The van der Waals surface area contributed by atoms with E-state index < -0.39 is 0 Å². The van der Waals surface area contributed by atoms with Crippen LogP contribution in [0.5, 0.6) is 11.5 Å². The summed E-state index contributed by atoms with van der Waals surface area (Å²) in [5.74, 6) is 1.55. The van der Waals surface area contributed by atoms with Gasteiger partial charge in [-0.3, -0.25) is 0 Å². The first-order chi connectivity index (χ1) is 10.3. The number of hydrogen-bond acceptors (Lipinski definition) is 4. The van der Waals surface area contributed by atoms with Crippen molar-refractivity contribution in [3.05, 3.63) is 36.4 Å². The maximum atomic E-state index is 5.64. The van der Waals surface area contributed by atoms with Crippen molar-refractivity contribution in [2.24, 2.45) is 0 Å². The third-order valence-corrected chi connectivity index (χ3v) is 3.39. The van der Waals surface area contributed by atoms with E-state index in [1.807, 2.05) is 19.1 Å². The van der Waals surface area contributed by atoms with Crippen LogP contribution in [0.2, 0.25) is 0 Å². The van der Waals surface area contributed by atoms with Gasteiger partial charge >= 0.3 is 0 Å². The minimum absolute atomic E-state index is 0.367. The Balaban J connectivity index is 1.89. The second kappa shape index (κ2) is 8.70. The molecule has 1 atom stereocenters. The minimum Gasteiger partial charge on any atom is -0.490 e. The Hall–Kier alpha value is -1.52. The number of ether oxygens (including phenoxy) is 3. The summed E-state index contributed by atoms with van der Waals surface area (Å²) in [7, 11) is 0. The van der Waals surface area contributed by atoms with Gasteiger partial charge in [0.15, 0.2) is 11.5 Å². The van der Waals surface area contributed by atoms with Crippen molar-refractivity contribution in [1.82, 2.24) is 5.32 Å². The Morgan fingerprint density at radius 2 is 2.29 bits per heavy atom. The molecule has 1 saturated heterocycles. The quantitative estimate of drug-likeness (QED) is 0.710. The third-order valence-electron chi connectivity index (χ3n) is 3.39. The Bertz CT molecular complexity index is 442. The lowest BCUT2D eigenvalue weighted by atomic mass is 10.2. The van der Waals surface area contributed by atoms with Crippen LogP contribution in [0.1, 0.15) is 25.3 Å². The van der Waals surface area contributed by atoms with Gasteiger partial charge in [0, 0.05) is 19.7 Å². The summed E-state index contributed by atoms with van der Waals surface area (Å²) in [5.41, 5.74) is 1.18. The van der Waals surface area contributed by atoms with Crippen LogP contribution in [0.15, 0.2) is 30.9 Å². The van der Waals surface area contributed by atoms with Crippen LogP contribution in [0.25, 0.3) is 0 Å². The summed E-state index contributed by atoms with van der Waals surface area (Å²) in [6.45, 7) is 9.34. The molecule has 4 heteroatoms. The Labute approximate surface area is 127 Å². The van der Waals surface area contributed by atoms with Gasteiger partial charge in [-0.25, -0.2) is 0 Å². The molecule has 0 aromatic heterocycles. The van der Waals surface area contributed by atoms with Crippen molar-refractivity contribution in [2.45, 2.75) is 32.4 Å². The van der Waals surface area contributed by atoms with E-state index in [4.69, 9.17) is 14.2 Å². The van der Waals surface area contributed by atoms with E-state index in [9.17, 15) is 0 Å². The van der Waals surface area contributed by atoms with Crippen LogP contribution in [-0.2, 0) is 11.3 Å². The molecule has 0 amide bonds. The Kier molecular flexibility index (Phi) is 6.57. The molecule has 21 heavy (non-hydrogen) atoms. The molecule has 0 unspecified atom stereocenters. The van der Waals surface area contributed by atoms with Crippen LogP contribution in [0.3, 0.4) is 0 Å². The van der Waals surface area contributed by atoms with Crippen molar-refractivity contribution in [3.8, 4) is 11.5 Å². The first-order valence-electron chi connectivity index (χ1n) is 7.65. The maximum absolute atomic E-state index is 5.64. The molecule has 1 N–H and O–H groups in total. The fourth-order valence-corrected chi connectivity index (χ4v) is 2.38. The van der Waals surface area contributed by atoms with Crippen molar-refractivity contribution in [2.75, 3.05) is 26.4 Å². The SMILES string of the molecule is C=CCOc1ccc(CNC[C@@H]2CCCO2)cc1OCC. The van der Waals surface area contributed by atoms with Crippen molar-refractivity contribution in [3.63, 3.8) is 0 Å². The zero-order chi connectivity index (χ0) is 14.9. The molecule has 0 aliphatic carbocycles. The summed E-state index contributed by atoms with van der Waals surface area (Å²) < 4.78 is 16.8. The summed E-state index contributed by atoms with van der Waals surface area (Å²) >= 11 is 0. The molecule has 1 aromatic carbocycles. The molecule has 0 spiro atoms. The topological polar surface area (TPSA) is 39.7 Å². The first kappa shape index (κ1) is 15.9. The Morgan fingerprint density at radius 3 is 3.00 bits per heavy atom. The maximum Gasteiger partial charge on any atom is 0.161 e. The fraction of sp³-hybridized carbons (Fsp3) is 0.529. The molecule has 1 aliphatic heterocycles. The average molecular weight is 291 g/mol. The van der Waals surface area contributed by atoms with Crippen molar-refractivity contribution in [1.29, 1.82) is 0 Å². The lowest BCUT2D eigenvalue weighted by Crippen LogP contribution is -2.25. The van der Waals surface area contributed by atoms with Crippen LogP contribution in [-0.4, -0.2) is 32.5 Å². The fourth-order valence-electron chi connectivity index (χ4n) is 2.38. The standard InChI is InChI=1S/C17H25NO3/c1-3-9-21-16-8-7-14(11-17(16)19-4-2)12-18-13-15-6-5-10-20-15/h3,7-8,11,15,18H,1,4-6,9-10,12-13H2,2H3/t15-/m0/s1. The first-order valence-corrected chi connectivity index (χ1v) is 7.65. The monoisotopic (exact) mass is 291 g/mol. The highest BCUT2D eigenvalue weighted by atomic mass is 16.5. The highest BCUT2D eigenvalue weighted by Gasteiger charge is 2.14. The van der Waals surface area contributed by atoms with E-state index in [1.54, 1.807) is 6.08 Å². The van der Waals surface area contributed by atoms with Crippen molar-refractivity contribution < 1.29 is 14.2 Å². The largest absolute Gasteiger partial charge is 0.490 e. The van der Waals surface area contributed by atoms with Gasteiger partial charge in [-0.05, 0) is 37.5 Å². The van der Waals surface area contributed by atoms with Gasteiger partial charge in [0.25, 0.3) is 0 Å². The number of nitrogens with one attached hydrogen (secondary N) is 1. The third kappa shape index (κ3) is 5.06. The lowest BCUT2D eigenvalue weighted by Gasteiger charge is -2.14. The van der Waals surface area contributed by atoms with E-state index in [-0.39, 0.29) is 0 Å². The summed E-state index contributed by atoms with van der Waals surface area (Å²) in [5, 5.41) is 3.44. The molecule has 1 heterocycles. The summed E-state index contributed by atoms with van der Waals surface area (Å²) in [6, 6.07) is 6.05. The summed E-state index contributed by atoms with van der Waals surface area (Å²) in [4.78, 5) is 0. The van der Waals surface area contributed by atoms with E-state index in [2.05, 4.69) is 18.0 Å². The molecule has 1 aliphatic rings. The lowest BCUT2D eigenvalue weighted by molar-refractivity contribution is 0.110. The van der Waals surface area contributed by atoms with E-state index >= 15 is 0 Å². The highest BCUT2D eigenvalue weighted by Crippen LogP contribution is 2.28. The van der Waals surface area contributed by atoms with Gasteiger partial charge < -0.3 is 19.5 Å². The normalized spacial score (nSPS) is 17.7. The van der Waals surface area contributed by atoms with E-state index in [0.717, 1.165) is 37.6 Å². The van der Waals surface area contributed by atoms with Gasteiger partial charge in [-0.15, -0.1) is 0 Å². The second-order valence-electron chi connectivity index (χ2n) is 5.08. The Morgan fingerprint density at radius 1 is 1.38 bits per heavy atom. The van der Waals surface area contributed by atoms with Crippen LogP contribution in [0, 0.1) is 0 Å². The summed E-state index contributed by atoms with van der Waals surface area (Å²) in [6.07, 6.45) is 4.43. The van der Waals surface area contributed by atoms with Gasteiger partial charge in [0.1, 0.15) is 6.61 Å². The number of hydrogen-bond donors (Lipinski definition) is 1. The van der Waals surface area contributed by atoms with Gasteiger partial charge in [-0.1, -0.05) is 18.7 Å². The molecular formula is C17H25NO3. The molecule has 0 radical (unpaired) electrons. The molecule has 116 valence electrons. The van der Waals surface area contributed by atoms with Gasteiger partial charge in [0.05, 0.1) is 12.7 Å². The van der Waals surface area contributed by atoms with Gasteiger partial charge in [-0.2, -0.15) is 0 Å². The van der Waals surface area contributed by atoms with Crippen LogP contribution >= 0.6 is 0 Å². The molecule has 1 aromatic rings. The zero-order valence-corrected chi connectivity index (χ0v) is 12.8. The van der Waals surface area contributed by atoms with Crippen molar-refractivity contribution >= 4 is 0 Å².